The number of methoxy groups -OCH3 is 1. The molecule has 28 heavy (non-hydrogen) atoms. The quantitative estimate of drug-likeness (QED) is 0.627. The summed E-state index contributed by atoms with van der Waals surface area (Å²) in [5.41, 5.74) is 3.85. The van der Waals surface area contributed by atoms with Crippen molar-refractivity contribution in [1.82, 2.24) is 0 Å². The number of ether oxygens (including phenoxy) is 1. The number of hydrogen-bond acceptors (Lipinski definition) is 4. The maximum Gasteiger partial charge on any atom is 0.193 e. The molecular weight excluding hydrogens is 348 g/mol. The fourth-order valence-corrected chi connectivity index (χ4v) is 3.60. The van der Waals surface area contributed by atoms with Crippen LogP contribution in [0.2, 0.25) is 0 Å². The number of benzene rings is 3. The molecule has 142 valence electrons. The summed E-state index contributed by atoms with van der Waals surface area (Å²) in [6.07, 6.45) is 0. The molecule has 3 aromatic rings. The molecule has 0 amide bonds. The summed E-state index contributed by atoms with van der Waals surface area (Å²) >= 11 is 0. The fraction of sp³-hybridized carbons (Fsp3) is 0.208. The molecule has 0 unspecified atom stereocenters. The summed E-state index contributed by atoms with van der Waals surface area (Å²) in [6.45, 7) is 3.85. The molecule has 0 aliphatic carbocycles. The van der Waals surface area contributed by atoms with Gasteiger partial charge in [0.25, 0.3) is 0 Å². The second-order valence-electron chi connectivity index (χ2n) is 6.91. The second kappa shape index (κ2) is 8.17. The second-order valence-corrected chi connectivity index (χ2v) is 6.91. The minimum absolute atomic E-state index is 0.0662. The van der Waals surface area contributed by atoms with Crippen molar-refractivity contribution in [2.24, 2.45) is 0 Å². The van der Waals surface area contributed by atoms with Crippen molar-refractivity contribution in [2.75, 3.05) is 43.1 Å². The van der Waals surface area contributed by atoms with Crippen molar-refractivity contribution in [1.29, 1.82) is 0 Å². The van der Waals surface area contributed by atoms with Gasteiger partial charge in [-0.25, -0.2) is 0 Å². The first kappa shape index (κ1) is 18.1. The zero-order valence-corrected chi connectivity index (χ0v) is 16.0. The summed E-state index contributed by atoms with van der Waals surface area (Å²) in [7, 11) is 1.69. The van der Waals surface area contributed by atoms with Crippen LogP contribution < -0.4 is 14.5 Å². The van der Waals surface area contributed by atoms with Crippen molar-refractivity contribution >= 4 is 17.2 Å². The van der Waals surface area contributed by atoms with E-state index in [0.29, 0.717) is 0 Å². The first-order chi connectivity index (χ1) is 13.7. The molecule has 1 heterocycles. The molecule has 1 saturated heterocycles. The van der Waals surface area contributed by atoms with Gasteiger partial charge in [0.05, 0.1) is 7.11 Å². The molecule has 3 aromatic carbocycles. The van der Waals surface area contributed by atoms with Crippen LogP contribution in [-0.4, -0.2) is 39.1 Å². The van der Waals surface area contributed by atoms with E-state index < -0.39 is 0 Å². The van der Waals surface area contributed by atoms with Crippen LogP contribution in [0.25, 0.3) is 0 Å². The van der Waals surface area contributed by atoms with E-state index in [4.69, 9.17) is 4.74 Å². The van der Waals surface area contributed by atoms with Gasteiger partial charge in [-0.2, -0.15) is 0 Å². The lowest BCUT2D eigenvalue weighted by Gasteiger charge is -2.37. The molecule has 1 aliphatic rings. The lowest BCUT2D eigenvalue weighted by atomic mass is 10.0. The lowest BCUT2D eigenvalue weighted by Crippen LogP contribution is -2.46. The van der Waals surface area contributed by atoms with E-state index in [9.17, 15) is 4.79 Å². The van der Waals surface area contributed by atoms with Gasteiger partial charge >= 0.3 is 0 Å². The first-order valence-electron chi connectivity index (χ1n) is 9.58. The molecule has 0 spiro atoms. The number of ketones is 1. The zero-order valence-electron chi connectivity index (χ0n) is 16.0. The van der Waals surface area contributed by atoms with Crippen molar-refractivity contribution < 1.29 is 9.53 Å². The van der Waals surface area contributed by atoms with Crippen LogP contribution in [0.5, 0.6) is 5.75 Å². The Labute approximate surface area is 166 Å². The van der Waals surface area contributed by atoms with Crippen LogP contribution in [-0.2, 0) is 0 Å². The number of nitrogens with zero attached hydrogens (tertiary/aromatic N) is 2. The molecule has 0 bridgehead atoms. The van der Waals surface area contributed by atoms with E-state index in [-0.39, 0.29) is 5.78 Å². The molecule has 1 aliphatic heterocycles. The highest BCUT2D eigenvalue weighted by Gasteiger charge is 2.18. The van der Waals surface area contributed by atoms with E-state index in [1.165, 1.54) is 11.4 Å². The lowest BCUT2D eigenvalue weighted by molar-refractivity contribution is 0.103. The van der Waals surface area contributed by atoms with E-state index in [0.717, 1.165) is 43.1 Å². The number of anilines is 2. The molecule has 4 rings (SSSR count). The molecule has 0 radical (unpaired) electrons. The third-order valence-corrected chi connectivity index (χ3v) is 5.25. The Kier molecular flexibility index (Phi) is 5.29. The Morgan fingerprint density at radius 1 is 0.679 bits per heavy atom. The van der Waals surface area contributed by atoms with Crippen molar-refractivity contribution in [3.63, 3.8) is 0 Å². The highest BCUT2D eigenvalue weighted by atomic mass is 16.5. The van der Waals surface area contributed by atoms with Gasteiger partial charge in [-0.1, -0.05) is 30.3 Å². The molecular formula is C24H24N2O2. The number of piperazine rings is 1. The Balaban J connectivity index is 1.38. The van der Waals surface area contributed by atoms with Gasteiger partial charge in [0.1, 0.15) is 5.75 Å². The summed E-state index contributed by atoms with van der Waals surface area (Å²) in [5.74, 6) is 0.948. The van der Waals surface area contributed by atoms with Crippen LogP contribution in [0.15, 0.2) is 78.9 Å². The Morgan fingerprint density at radius 3 is 1.64 bits per heavy atom. The monoisotopic (exact) mass is 372 g/mol. The van der Waals surface area contributed by atoms with Crippen LogP contribution in [0.1, 0.15) is 15.9 Å². The van der Waals surface area contributed by atoms with E-state index in [1.54, 1.807) is 7.11 Å². The van der Waals surface area contributed by atoms with E-state index >= 15 is 0 Å². The standard InChI is InChI=1S/C24H24N2O2/c1-28-23-13-11-22(12-14-23)26-17-15-25(16-18-26)21-9-7-20(8-10-21)24(27)19-5-3-2-4-6-19/h2-14H,15-18H2,1H3. The largest absolute Gasteiger partial charge is 0.497 e. The third kappa shape index (κ3) is 3.86. The van der Waals surface area contributed by atoms with Crippen LogP contribution in [0.3, 0.4) is 0 Å². The van der Waals surface area contributed by atoms with Crippen LogP contribution in [0, 0.1) is 0 Å². The van der Waals surface area contributed by atoms with E-state index in [1.807, 2.05) is 54.6 Å². The number of carbonyl (C=O) groups is 1. The summed E-state index contributed by atoms with van der Waals surface area (Å²) in [6, 6.07) is 25.6. The molecule has 0 saturated carbocycles. The molecule has 0 atom stereocenters. The number of carbonyl (C=O) groups excluding carboxylic acids is 1. The topological polar surface area (TPSA) is 32.8 Å². The predicted octanol–water partition coefficient (Wildman–Crippen LogP) is 4.25. The summed E-state index contributed by atoms with van der Waals surface area (Å²) in [4.78, 5) is 17.3. The van der Waals surface area contributed by atoms with Gasteiger partial charge in [-0.3, -0.25) is 4.79 Å². The predicted molar refractivity (Wildman–Crippen MR) is 114 cm³/mol. The van der Waals surface area contributed by atoms with E-state index in [2.05, 4.69) is 34.1 Å². The summed E-state index contributed by atoms with van der Waals surface area (Å²) in [5, 5.41) is 0. The normalized spacial score (nSPS) is 14.0. The Hall–Kier alpha value is -3.27. The van der Waals surface area contributed by atoms with Gasteiger partial charge in [-0.15, -0.1) is 0 Å². The van der Waals surface area contributed by atoms with Crippen LogP contribution in [0.4, 0.5) is 11.4 Å². The zero-order chi connectivity index (χ0) is 19.3. The highest BCUT2D eigenvalue weighted by molar-refractivity contribution is 6.09. The maximum atomic E-state index is 12.6. The maximum absolute atomic E-state index is 12.6. The number of hydrogen-bond donors (Lipinski definition) is 0. The SMILES string of the molecule is COc1ccc(N2CCN(c3ccc(C(=O)c4ccccc4)cc3)CC2)cc1. The molecule has 4 heteroatoms. The fourth-order valence-electron chi connectivity index (χ4n) is 3.60. The Bertz CT molecular complexity index is 913. The average molecular weight is 372 g/mol. The minimum Gasteiger partial charge on any atom is -0.497 e. The van der Waals surface area contributed by atoms with Crippen LogP contribution >= 0.6 is 0 Å². The van der Waals surface area contributed by atoms with Crippen molar-refractivity contribution in [3.8, 4) is 5.75 Å². The third-order valence-electron chi connectivity index (χ3n) is 5.25. The molecule has 0 N–H and O–H groups in total. The highest BCUT2D eigenvalue weighted by Crippen LogP contribution is 2.23. The Morgan fingerprint density at radius 2 is 1.14 bits per heavy atom. The van der Waals surface area contributed by atoms with Gasteiger partial charge in [0.2, 0.25) is 0 Å². The molecule has 0 aromatic heterocycles. The van der Waals surface area contributed by atoms with Gasteiger partial charge in [-0.05, 0) is 48.5 Å². The minimum atomic E-state index is 0.0662. The average Bonchev–Trinajstić information content (AvgIpc) is 2.79. The van der Waals surface area contributed by atoms with Crippen molar-refractivity contribution in [2.45, 2.75) is 0 Å². The smallest absolute Gasteiger partial charge is 0.193 e. The van der Waals surface area contributed by atoms with Crippen molar-refractivity contribution in [3.05, 3.63) is 90.0 Å². The van der Waals surface area contributed by atoms with Gasteiger partial charge in [0, 0.05) is 48.7 Å². The van der Waals surface area contributed by atoms with Gasteiger partial charge < -0.3 is 14.5 Å². The summed E-state index contributed by atoms with van der Waals surface area (Å²) < 4.78 is 5.24. The molecule has 4 nitrogen and oxygen atoms in total. The number of rotatable bonds is 5. The molecule has 1 fully saturated rings. The van der Waals surface area contributed by atoms with Gasteiger partial charge in [0.15, 0.2) is 5.78 Å². The first-order valence-corrected chi connectivity index (χ1v) is 9.58.